The van der Waals surface area contributed by atoms with E-state index in [1.54, 1.807) is 0 Å². The lowest BCUT2D eigenvalue weighted by Gasteiger charge is -2.35. The van der Waals surface area contributed by atoms with Crippen LogP contribution in [0.5, 0.6) is 0 Å². The third-order valence-corrected chi connectivity index (χ3v) is 3.54. The van der Waals surface area contributed by atoms with Crippen LogP contribution in [0.4, 0.5) is 5.69 Å². The Balaban J connectivity index is 1.91. The van der Waals surface area contributed by atoms with Crippen LogP contribution in [0.3, 0.4) is 0 Å². The Hall–Kier alpha value is -0.580. The minimum Gasteiger partial charge on any atom is -0.369 e. The van der Waals surface area contributed by atoms with Crippen LogP contribution in [0.15, 0.2) is 28.7 Å². The largest absolute Gasteiger partial charge is 0.369 e. The normalized spacial score (nSPS) is 17.8. The van der Waals surface area contributed by atoms with Gasteiger partial charge in [-0.15, -0.1) is 0 Å². The summed E-state index contributed by atoms with van der Waals surface area (Å²) in [7, 11) is 0. The summed E-state index contributed by atoms with van der Waals surface area (Å²) in [6.45, 7) is 6.22. The molecular formula is C12H18BrN3. The lowest BCUT2D eigenvalue weighted by atomic mass is 10.2. The fourth-order valence-corrected chi connectivity index (χ4v) is 2.33. The van der Waals surface area contributed by atoms with Crippen LogP contribution in [-0.4, -0.2) is 44.2 Å². The zero-order valence-electron chi connectivity index (χ0n) is 9.40. The van der Waals surface area contributed by atoms with Crippen LogP contribution in [0.1, 0.15) is 0 Å². The minimum absolute atomic E-state index is 0.762. The van der Waals surface area contributed by atoms with E-state index in [1.807, 2.05) is 0 Å². The molecule has 1 saturated heterocycles. The molecule has 2 N–H and O–H groups in total. The Kier molecular flexibility index (Phi) is 4.21. The summed E-state index contributed by atoms with van der Waals surface area (Å²) in [5, 5.41) is 0. The van der Waals surface area contributed by atoms with Gasteiger partial charge in [-0.3, -0.25) is 4.90 Å². The predicted octanol–water partition coefficient (Wildman–Crippen LogP) is 1.53. The van der Waals surface area contributed by atoms with Gasteiger partial charge < -0.3 is 10.6 Å². The highest BCUT2D eigenvalue weighted by Crippen LogP contribution is 2.19. The zero-order chi connectivity index (χ0) is 11.4. The molecule has 1 heterocycles. The average Bonchev–Trinajstić information content (AvgIpc) is 2.32. The van der Waals surface area contributed by atoms with Crippen molar-refractivity contribution in [1.82, 2.24) is 4.90 Å². The first kappa shape index (κ1) is 11.9. The number of benzene rings is 1. The maximum absolute atomic E-state index is 5.56. The van der Waals surface area contributed by atoms with Crippen molar-refractivity contribution >= 4 is 21.6 Å². The highest BCUT2D eigenvalue weighted by Gasteiger charge is 2.15. The van der Waals surface area contributed by atoms with Crippen LogP contribution < -0.4 is 10.6 Å². The van der Waals surface area contributed by atoms with Gasteiger partial charge >= 0.3 is 0 Å². The van der Waals surface area contributed by atoms with Gasteiger partial charge in [-0.25, -0.2) is 0 Å². The molecule has 16 heavy (non-hydrogen) atoms. The average molecular weight is 284 g/mol. The summed E-state index contributed by atoms with van der Waals surface area (Å²) < 4.78 is 1.14. The molecule has 3 nitrogen and oxygen atoms in total. The summed E-state index contributed by atoms with van der Waals surface area (Å²) in [6.07, 6.45) is 0. The molecule has 0 atom stereocenters. The Bertz CT molecular complexity index is 318. The quantitative estimate of drug-likeness (QED) is 0.913. The van der Waals surface area contributed by atoms with E-state index >= 15 is 0 Å². The Morgan fingerprint density at radius 2 is 1.69 bits per heavy atom. The Labute approximate surface area is 105 Å². The molecule has 1 fully saturated rings. The fourth-order valence-electron chi connectivity index (χ4n) is 2.06. The summed E-state index contributed by atoms with van der Waals surface area (Å²) in [5.74, 6) is 0. The number of piperazine rings is 1. The third kappa shape index (κ3) is 2.97. The Morgan fingerprint density at radius 3 is 2.25 bits per heavy atom. The number of anilines is 1. The Morgan fingerprint density at radius 1 is 1.06 bits per heavy atom. The number of halogens is 1. The van der Waals surface area contributed by atoms with Crippen molar-refractivity contribution in [2.45, 2.75) is 0 Å². The van der Waals surface area contributed by atoms with E-state index in [2.05, 4.69) is 50.0 Å². The van der Waals surface area contributed by atoms with E-state index in [4.69, 9.17) is 5.73 Å². The molecule has 1 aromatic rings. The molecule has 0 aliphatic carbocycles. The lowest BCUT2D eigenvalue weighted by molar-refractivity contribution is 0.265. The third-order valence-electron chi connectivity index (χ3n) is 3.01. The molecule has 1 aromatic carbocycles. The SMILES string of the molecule is NCCN1CCN(c2ccc(Br)cc2)CC1. The predicted molar refractivity (Wildman–Crippen MR) is 71.8 cm³/mol. The van der Waals surface area contributed by atoms with Crippen molar-refractivity contribution in [2.24, 2.45) is 5.73 Å². The molecule has 0 amide bonds. The van der Waals surface area contributed by atoms with Gasteiger partial charge in [0, 0.05) is 49.4 Å². The second-order valence-electron chi connectivity index (χ2n) is 4.09. The second-order valence-corrected chi connectivity index (χ2v) is 5.01. The minimum atomic E-state index is 0.762. The molecule has 0 radical (unpaired) electrons. The molecule has 4 heteroatoms. The van der Waals surface area contributed by atoms with E-state index in [-0.39, 0.29) is 0 Å². The van der Waals surface area contributed by atoms with Gasteiger partial charge in [0.05, 0.1) is 0 Å². The highest BCUT2D eigenvalue weighted by molar-refractivity contribution is 9.10. The van der Waals surface area contributed by atoms with Gasteiger partial charge in [-0.2, -0.15) is 0 Å². The van der Waals surface area contributed by atoms with Crippen molar-refractivity contribution in [3.63, 3.8) is 0 Å². The fraction of sp³-hybridized carbons (Fsp3) is 0.500. The van der Waals surface area contributed by atoms with Crippen molar-refractivity contribution in [3.05, 3.63) is 28.7 Å². The standard InChI is InChI=1S/C12H18BrN3/c13-11-1-3-12(4-2-11)16-9-7-15(6-5-14)8-10-16/h1-4H,5-10,14H2. The smallest absolute Gasteiger partial charge is 0.0367 e. The maximum atomic E-state index is 5.56. The summed E-state index contributed by atoms with van der Waals surface area (Å²) in [5.41, 5.74) is 6.88. The van der Waals surface area contributed by atoms with Crippen molar-refractivity contribution in [2.75, 3.05) is 44.2 Å². The molecule has 1 aliphatic heterocycles. The van der Waals surface area contributed by atoms with Gasteiger partial charge in [0.15, 0.2) is 0 Å². The second kappa shape index (κ2) is 5.66. The summed E-state index contributed by atoms with van der Waals surface area (Å²) in [6, 6.07) is 8.54. The van der Waals surface area contributed by atoms with Crippen molar-refractivity contribution in [1.29, 1.82) is 0 Å². The van der Waals surface area contributed by atoms with E-state index in [0.717, 1.165) is 43.7 Å². The summed E-state index contributed by atoms with van der Waals surface area (Å²) in [4.78, 5) is 4.86. The molecule has 0 aromatic heterocycles. The van der Waals surface area contributed by atoms with Crippen LogP contribution in [0.2, 0.25) is 0 Å². The van der Waals surface area contributed by atoms with Gasteiger partial charge in [-0.05, 0) is 24.3 Å². The van der Waals surface area contributed by atoms with Crippen molar-refractivity contribution in [3.8, 4) is 0 Å². The number of rotatable bonds is 3. The lowest BCUT2D eigenvalue weighted by Crippen LogP contribution is -2.47. The molecule has 1 aliphatic rings. The molecule has 88 valence electrons. The van der Waals surface area contributed by atoms with E-state index in [1.165, 1.54) is 5.69 Å². The number of hydrogen-bond donors (Lipinski definition) is 1. The molecule has 0 unspecified atom stereocenters. The molecule has 0 spiro atoms. The number of hydrogen-bond acceptors (Lipinski definition) is 3. The monoisotopic (exact) mass is 283 g/mol. The maximum Gasteiger partial charge on any atom is 0.0367 e. The van der Waals surface area contributed by atoms with Crippen LogP contribution in [0.25, 0.3) is 0 Å². The van der Waals surface area contributed by atoms with Crippen LogP contribution in [0, 0.1) is 0 Å². The van der Waals surface area contributed by atoms with Gasteiger partial charge in [0.1, 0.15) is 0 Å². The zero-order valence-corrected chi connectivity index (χ0v) is 11.0. The van der Waals surface area contributed by atoms with E-state index in [0.29, 0.717) is 0 Å². The van der Waals surface area contributed by atoms with E-state index in [9.17, 15) is 0 Å². The number of nitrogens with zero attached hydrogens (tertiary/aromatic N) is 2. The first-order chi connectivity index (χ1) is 7.79. The highest BCUT2D eigenvalue weighted by atomic mass is 79.9. The molecule has 0 bridgehead atoms. The van der Waals surface area contributed by atoms with Crippen molar-refractivity contribution < 1.29 is 0 Å². The van der Waals surface area contributed by atoms with Gasteiger partial charge in [0.2, 0.25) is 0 Å². The molecular weight excluding hydrogens is 266 g/mol. The van der Waals surface area contributed by atoms with Gasteiger partial charge in [-0.1, -0.05) is 15.9 Å². The first-order valence-electron chi connectivity index (χ1n) is 5.72. The first-order valence-corrected chi connectivity index (χ1v) is 6.52. The van der Waals surface area contributed by atoms with Crippen LogP contribution >= 0.6 is 15.9 Å². The summed E-state index contributed by atoms with van der Waals surface area (Å²) >= 11 is 3.46. The topological polar surface area (TPSA) is 32.5 Å². The molecule has 2 rings (SSSR count). The van der Waals surface area contributed by atoms with Crippen LogP contribution in [-0.2, 0) is 0 Å². The molecule has 0 saturated carbocycles. The van der Waals surface area contributed by atoms with E-state index < -0.39 is 0 Å². The number of nitrogens with two attached hydrogens (primary N) is 1. The van der Waals surface area contributed by atoms with Gasteiger partial charge in [0.25, 0.3) is 0 Å².